The summed E-state index contributed by atoms with van der Waals surface area (Å²) in [5, 5.41) is 10.9. The average Bonchev–Trinajstić information content (AvgIpc) is 3.63. The lowest BCUT2D eigenvalue weighted by molar-refractivity contribution is -0.192. The largest absolute Gasteiger partial charge is 0.497 e. The zero-order valence-electron chi connectivity index (χ0n) is 31.6. The molecule has 0 aliphatic carbocycles. The second-order valence-corrected chi connectivity index (χ2v) is 16.4. The van der Waals surface area contributed by atoms with E-state index >= 15 is 0 Å². The van der Waals surface area contributed by atoms with Gasteiger partial charge in [-0.3, -0.25) is 19.2 Å². The lowest BCUT2D eigenvalue weighted by atomic mass is 9.98. The van der Waals surface area contributed by atoms with Gasteiger partial charge in [-0.05, 0) is 59.4 Å². The first-order valence-electron chi connectivity index (χ1n) is 17.6. The Kier molecular flexibility index (Phi) is 16.5. The molecule has 0 spiro atoms. The predicted octanol–water partition coefficient (Wildman–Crippen LogP) is 4.64. The van der Waals surface area contributed by atoms with Crippen LogP contribution in [0.2, 0.25) is 5.02 Å². The molecule has 0 saturated carbocycles. The number of likely N-dealkylation sites (tertiary alicyclic amines) is 1. The molecule has 0 radical (unpaired) electrons. The molecular formula is C38H41ClF6N4O9S. The van der Waals surface area contributed by atoms with Crippen LogP contribution in [-0.4, -0.2) is 97.3 Å². The number of halogens is 7. The molecule has 59 heavy (non-hydrogen) atoms. The number of ketones is 1. The second-order valence-electron chi connectivity index (χ2n) is 13.7. The molecule has 322 valence electrons. The summed E-state index contributed by atoms with van der Waals surface area (Å²) in [4.78, 5) is 63.8. The Hall–Kier alpha value is -5.21. The standard InChI is InChI=1S/C36H40ClF3N4O7S.C2HF3O2/c1-21(2)31(32(45)36(38,39)40)43-34(47)30-17-28(52(49,50)20-24-11-13-27(51-3)14-12-24)19-44(30)35(48)29(15-22-7-9-23(18-41)10-8-22)42-33(46)25-5-4-6-26(37)16-25;3-2(4,5)1(6)7/h4-14,16,21,28-31H,15,17-20,41H2,1-3H3,(H,42,46)(H,43,47);(H,6,7)/t28-,29+,30+,31+;/m1./s1. The van der Waals surface area contributed by atoms with Gasteiger partial charge < -0.3 is 31.1 Å². The molecule has 4 atom stereocenters. The summed E-state index contributed by atoms with van der Waals surface area (Å²) in [5.74, 6) is -8.62. The van der Waals surface area contributed by atoms with Crippen molar-refractivity contribution in [2.45, 2.75) is 74.7 Å². The first kappa shape index (κ1) is 48.2. The number of benzene rings is 3. The van der Waals surface area contributed by atoms with Crippen molar-refractivity contribution in [2.24, 2.45) is 11.7 Å². The van der Waals surface area contributed by atoms with E-state index in [0.29, 0.717) is 16.9 Å². The van der Waals surface area contributed by atoms with Gasteiger partial charge in [0.2, 0.25) is 11.8 Å². The molecule has 13 nitrogen and oxygen atoms in total. The molecule has 0 bridgehead atoms. The Morgan fingerprint density at radius 3 is 1.95 bits per heavy atom. The van der Waals surface area contributed by atoms with Gasteiger partial charge in [-0.1, -0.05) is 67.9 Å². The number of alkyl halides is 6. The summed E-state index contributed by atoms with van der Waals surface area (Å²) < 4.78 is 105. The van der Waals surface area contributed by atoms with E-state index in [9.17, 15) is 53.9 Å². The minimum absolute atomic E-state index is 0.106. The SMILES string of the molecule is COc1ccc(CS(=O)(=O)[C@@H]2C[C@@H](C(=O)N[C@H](C(=O)C(F)(F)F)C(C)C)N(C(=O)[C@H](Cc3ccc(CN)cc3)NC(=O)c3cccc(Cl)c3)C2)cc1.O=C(O)C(F)(F)F. The molecule has 4 rings (SSSR count). The lowest BCUT2D eigenvalue weighted by Crippen LogP contribution is -2.57. The summed E-state index contributed by atoms with van der Waals surface area (Å²) in [6.45, 7) is 2.36. The van der Waals surface area contributed by atoms with Gasteiger partial charge in [0.15, 0.2) is 9.84 Å². The number of carboxylic acids is 1. The number of carbonyl (C=O) groups is 5. The van der Waals surface area contributed by atoms with Crippen molar-refractivity contribution < 1.29 is 68.6 Å². The molecule has 1 aliphatic heterocycles. The van der Waals surface area contributed by atoms with Crippen molar-refractivity contribution in [1.82, 2.24) is 15.5 Å². The minimum atomic E-state index is -5.27. The lowest BCUT2D eigenvalue weighted by Gasteiger charge is -2.30. The van der Waals surface area contributed by atoms with E-state index in [1.807, 2.05) is 0 Å². The first-order valence-corrected chi connectivity index (χ1v) is 19.7. The zero-order chi connectivity index (χ0) is 44.5. The topological polar surface area (TPSA) is 202 Å². The van der Waals surface area contributed by atoms with Crippen LogP contribution in [0.5, 0.6) is 5.75 Å². The van der Waals surface area contributed by atoms with Crippen molar-refractivity contribution in [3.05, 3.63) is 100 Å². The highest BCUT2D eigenvalue weighted by Gasteiger charge is 2.49. The fourth-order valence-electron chi connectivity index (χ4n) is 5.90. The van der Waals surface area contributed by atoms with Crippen LogP contribution in [0, 0.1) is 5.92 Å². The number of amides is 3. The minimum Gasteiger partial charge on any atom is -0.497 e. The fraction of sp³-hybridized carbons (Fsp3) is 0.395. The van der Waals surface area contributed by atoms with Crippen molar-refractivity contribution in [3.8, 4) is 5.75 Å². The Morgan fingerprint density at radius 2 is 1.46 bits per heavy atom. The Bertz CT molecular complexity index is 2080. The number of carboxylic acid groups (broad SMARTS) is 1. The highest BCUT2D eigenvalue weighted by Crippen LogP contribution is 2.29. The summed E-state index contributed by atoms with van der Waals surface area (Å²) >= 11 is 6.08. The normalized spacial score (nSPS) is 16.6. The van der Waals surface area contributed by atoms with E-state index in [2.05, 4.69) is 10.6 Å². The van der Waals surface area contributed by atoms with Crippen LogP contribution in [0.15, 0.2) is 72.8 Å². The van der Waals surface area contributed by atoms with Crippen LogP contribution in [0.3, 0.4) is 0 Å². The number of nitrogens with zero attached hydrogens (tertiary/aromatic N) is 1. The summed E-state index contributed by atoms with van der Waals surface area (Å²) in [6, 6.07) is 14.0. The monoisotopic (exact) mass is 878 g/mol. The van der Waals surface area contributed by atoms with Crippen LogP contribution in [0.25, 0.3) is 0 Å². The van der Waals surface area contributed by atoms with Gasteiger partial charge >= 0.3 is 18.3 Å². The predicted molar refractivity (Wildman–Crippen MR) is 202 cm³/mol. The number of hydrogen-bond donors (Lipinski definition) is 4. The van der Waals surface area contributed by atoms with Gasteiger partial charge in [0.1, 0.15) is 17.8 Å². The van der Waals surface area contributed by atoms with Gasteiger partial charge in [-0.2, -0.15) is 26.3 Å². The van der Waals surface area contributed by atoms with E-state index in [-0.39, 0.29) is 23.6 Å². The average molecular weight is 879 g/mol. The number of hydrogen-bond acceptors (Lipinski definition) is 9. The molecule has 1 saturated heterocycles. The number of rotatable bonds is 14. The Balaban J connectivity index is 0.00000122. The van der Waals surface area contributed by atoms with Gasteiger partial charge in [-0.25, -0.2) is 13.2 Å². The summed E-state index contributed by atoms with van der Waals surface area (Å²) in [6.07, 6.45) is -10.9. The second kappa shape index (κ2) is 20.2. The molecule has 0 unspecified atom stereocenters. The number of methoxy groups -OCH3 is 1. The molecule has 3 aromatic rings. The number of Topliss-reactive ketones (excluding diaryl/α,β-unsaturated/α-hetero) is 1. The Morgan fingerprint density at radius 1 is 0.898 bits per heavy atom. The van der Waals surface area contributed by atoms with Crippen molar-refractivity contribution in [1.29, 1.82) is 0 Å². The van der Waals surface area contributed by atoms with Gasteiger partial charge in [-0.15, -0.1) is 0 Å². The molecular weight excluding hydrogens is 838 g/mol. The number of ether oxygens (including phenoxy) is 1. The zero-order valence-corrected chi connectivity index (χ0v) is 33.2. The molecule has 1 fully saturated rings. The molecule has 3 amide bonds. The van der Waals surface area contributed by atoms with Crippen molar-refractivity contribution in [2.75, 3.05) is 13.7 Å². The number of nitrogens with two attached hydrogens (primary N) is 1. The number of carbonyl (C=O) groups excluding carboxylic acids is 4. The third kappa shape index (κ3) is 13.7. The van der Waals surface area contributed by atoms with Crippen LogP contribution in [0.1, 0.15) is 47.3 Å². The van der Waals surface area contributed by atoms with Crippen molar-refractivity contribution >= 4 is 50.9 Å². The third-order valence-corrected chi connectivity index (χ3v) is 11.4. The summed E-state index contributed by atoms with van der Waals surface area (Å²) in [5.41, 5.74) is 7.61. The van der Waals surface area contributed by atoms with Crippen LogP contribution >= 0.6 is 11.6 Å². The number of sulfone groups is 1. The van der Waals surface area contributed by atoms with Gasteiger partial charge in [0, 0.05) is 30.1 Å². The molecule has 3 aromatic carbocycles. The smallest absolute Gasteiger partial charge is 0.490 e. The number of aliphatic carboxylic acids is 1. The number of nitrogens with one attached hydrogen (secondary N) is 2. The Labute approximate surface area is 340 Å². The van der Waals surface area contributed by atoms with E-state index < -0.39 is 99.7 Å². The van der Waals surface area contributed by atoms with Crippen molar-refractivity contribution in [3.63, 3.8) is 0 Å². The van der Waals surface area contributed by atoms with E-state index in [1.54, 1.807) is 54.6 Å². The summed E-state index contributed by atoms with van der Waals surface area (Å²) in [7, 11) is -2.64. The maximum atomic E-state index is 14.5. The van der Waals surface area contributed by atoms with E-state index in [4.69, 9.17) is 32.0 Å². The molecule has 21 heteroatoms. The molecule has 5 N–H and O–H groups in total. The molecule has 1 heterocycles. The van der Waals surface area contributed by atoms with Crippen LogP contribution < -0.4 is 21.1 Å². The van der Waals surface area contributed by atoms with Crippen LogP contribution in [-0.2, 0) is 47.7 Å². The molecule has 0 aromatic heterocycles. The maximum absolute atomic E-state index is 14.5. The highest BCUT2D eigenvalue weighted by molar-refractivity contribution is 7.91. The first-order chi connectivity index (χ1) is 27.4. The highest BCUT2D eigenvalue weighted by atomic mass is 35.5. The molecule has 1 aliphatic rings. The third-order valence-electron chi connectivity index (χ3n) is 9.04. The van der Waals surface area contributed by atoms with Crippen LogP contribution in [0.4, 0.5) is 26.3 Å². The van der Waals surface area contributed by atoms with Gasteiger partial charge in [0.25, 0.3) is 11.7 Å². The fourth-order valence-corrected chi connectivity index (χ4v) is 7.85. The van der Waals surface area contributed by atoms with E-state index in [0.717, 1.165) is 10.5 Å². The maximum Gasteiger partial charge on any atom is 0.490 e. The van der Waals surface area contributed by atoms with Gasteiger partial charge in [0.05, 0.1) is 24.2 Å². The van der Waals surface area contributed by atoms with E-state index in [1.165, 1.54) is 39.2 Å². The quantitative estimate of drug-likeness (QED) is 0.165.